The van der Waals surface area contributed by atoms with Crippen LogP contribution in [0.3, 0.4) is 0 Å². The van der Waals surface area contributed by atoms with Gasteiger partial charge in [-0.25, -0.2) is 4.79 Å². The number of nitrogens with one attached hydrogen (secondary N) is 1. The third-order valence-electron chi connectivity index (χ3n) is 6.86. The summed E-state index contributed by atoms with van der Waals surface area (Å²) < 4.78 is 4.99. The van der Waals surface area contributed by atoms with Crippen LogP contribution in [-0.4, -0.2) is 13.7 Å². The number of anilines is 1. The first-order valence-electron chi connectivity index (χ1n) is 11.3. The van der Waals surface area contributed by atoms with E-state index in [9.17, 15) is 9.59 Å². The van der Waals surface area contributed by atoms with Crippen LogP contribution in [0.1, 0.15) is 22.9 Å². The van der Waals surface area contributed by atoms with E-state index in [4.69, 9.17) is 0 Å². The van der Waals surface area contributed by atoms with Crippen LogP contribution >= 0.6 is 0 Å². The highest BCUT2D eigenvalue weighted by atomic mass is 16.2. The predicted molar refractivity (Wildman–Crippen MR) is 136 cm³/mol. The monoisotopic (exact) mass is 448 g/mol. The molecule has 0 saturated carbocycles. The van der Waals surface area contributed by atoms with Crippen molar-refractivity contribution in [1.82, 2.24) is 13.7 Å². The van der Waals surface area contributed by atoms with E-state index in [1.807, 2.05) is 48.5 Å². The number of aromatic nitrogens is 3. The van der Waals surface area contributed by atoms with Crippen molar-refractivity contribution in [3.63, 3.8) is 0 Å². The van der Waals surface area contributed by atoms with Crippen molar-refractivity contribution >= 4 is 16.6 Å². The van der Waals surface area contributed by atoms with Gasteiger partial charge in [0.15, 0.2) is 0 Å². The Balaban J connectivity index is 1.90. The molecule has 0 fully saturated rings. The molecule has 2 aromatic heterocycles. The molecule has 3 heterocycles. The van der Waals surface area contributed by atoms with E-state index in [0.29, 0.717) is 10.9 Å². The third kappa shape index (κ3) is 2.68. The molecule has 0 bridgehead atoms. The highest BCUT2D eigenvalue weighted by Gasteiger charge is 2.34. The minimum absolute atomic E-state index is 0.242. The number of rotatable bonds is 2. The van der Waals surface area contributed by atoms with Gasteiger partial charge in [0, 0.05) is 19.7 Å². The number of benzene rings is 3. The van der Waals surface area contributed by atoms with Gasteiger partial charge < -0.3 is 9.88 Å². The number of aryl methyl sites for hydroxylation is 2. The van der Waals surface area contributed by atoms with Gasteiger partial charge in [0.1, 0.15) is 0 Å². The van der Waals surface area contributed by atoms with Crippen molar-refractivity contribution in [2.45, 2.75) is 13.0 Å². The second kappa shape index (κ2) is 7.35. The first-order valence-corrected chi connectivity index (χ1v) is 11.3. The molecule has 1 aliphatic rings. The molecule has 6 rings (SSSR count). The van der Waals surface area contributed by atoms with Crippen molar-refractivity contribution in [2.75, 3.05) is 5.32 Å². The van der Waals surface area contributed by atoms with Crippen LogP contribution in [0.4, 0.5) is 5.69 Å². The van der Waals surface area contributed by atoms with Crippen LogP contribution in [-0.2, 0) is 14.1 Å². The Morgan fingerprint density at radius 3 is 2.24 bits per heavy atom. The maximum absolute atomic E-state index is 13.7. The van der Waals surface area contributed by atoms with Crippen LogP contribution < -0.4 is 16.6 Å². The van der Waals surface area contributed by atoms with Gasteiger partial charge in [-0.1, -0.05) is 66.7 Å². The van der Waals surface area contributed by atoms with E-state index in [1.54, 1.807) is 18.7 Å². The fourth-order valence-electron chi connectivity index (χ4n) is 5.21. The summed E-state index contributed by atoms with van der Waals surface area (Å²) in [7, 11) is 3.29. The largest absolute Gasteiger partial charge is 0.371 e. The molecule has 1 N–H and O–H groups in total. The van der Waals surface area contributed by atoms with Crippen LogP contribution in [0.2, 0.25) is 0 Å². The first kappa shape index (κ1) is 20.3. The molecule has 5 aromatic rings. The summed E-state index contributed by atoms with van der Waals surface area (Å²) in [6, 6.07) is 26.1. The highest BCUT2D eigenvalue weighted by molar-refractivity contribution is 5.99. The van der Waals surface area contributed by atoms with Gasteiger partial charge in [0.25, 0.3) is 5.56 Å². The van der Waals surface area contributed by atoms with Crippen molar-refractivity contribution in [2.24, 2.45) is 14.1 Å². The Labute approximate surface area is 196 Å². The second-order valence-corrected chi connectivity index (χ2v) is 8.82. The Bertz CT molecular complexity index is 1710. The average molecular weight is 449 g/mol. The average Bonchev–Trinajstić information content (AvgIpc) is 3.23. The predicted octanol–water partition coefficient (Wildman–Crippen LogP) is 4.52. The molecule has 6 heteroatoms. The van der Waals surface area contributed by atoms with Crippen molar-refractivity contribution < 1.29 is 0 Å². The minimum Gasteiger partial charge on any atom is -0.371 e. The normalized spacial score (nSPS) is 14.5. The number of hydrogen-bond donors (Lipinski definition) is 1. The standard InChI is InChI=1S/C28H24N4O2/c1-17-11-7-8-14-19(17)24-22-25(30(2)28(34)31(3)27(22)33)26-23(18-12-5-4-6-13-18)29-20-15-9-10-16-21(20)32(24)26/h4-16,23,29H,1-3H3/t23-/m0/s1. The summed E-state index contributed by atoms with van der Waals surface area (Å²) in [5.74, 6) is 0. The first-order chi connectivity index (χ1) is 16.5. The fraction of sp³-hybridized carbons (Fsp3) is 0.143. The summed E-state index contributed by atoms with van der Waals surface area (Å²) in [4.78, 5) is 26.8. The van der Waals surface area contributed by atoms with Gasteiger partial charge in [0.05, 0.1) is 39.7 Å². The van der Waals surface area contributed by atoms with Crippen molar-refractivity contribution in [3.8, 4) is 16.9 Å². The molecule has 0 unspecified atom stereocenters. The number of hydrogen-bond acceptors (Lipinski definition) is 3. The summed E-state index contributed by atoms with van der Waals surface area (Å²) in [6.07, 6.45) is 0. The number of para-hydroxylation sites is 2. The van der Waals surface area contributed by atoms with Gasteiger partial charge in [-0.15, -0.1) is 0 Å². The number of nitrogens with zero attached hydrogens (tertiary/aromatic N) is 3. The SMILES string of the molecule is Cc1ccccc1-c1c2c(=O)n(C)c(=O)n(C)c2c2n1-c1ccccc1N[C@H]2c1ccccc1. The molecule has 6 nitrogen and oxygen atoms in total. The summed E-state index contributed by atoms with van der Waals surface area (Å²) in [6.45, 7) is 2.05. The molecule has 0 aliphatic carbocycles. The molecule has 168 valence electrons. The molecule has 0 spiro atoms. The van der Waals surface area contributed by atoms with Crippen molar-refractivity contribution in [3.05, 3.63) is 117 Å². The Morgan fingerprint density at radius 2 is 1.47 bits per heavy atom. The lowest BCUT2D eigenvalue weighted by atomic mass is 9.99. The van der Waals surface area contributed by atoms with E-state index in [-0.39, 0.29) is 17.3 Å². The Kier molecular flexibility index (Phi) is 4.39. The number of fused-ring (bicyclic) bond motifs is 5. The zero-order valence-electron chi connectivity index (χ0n) is 19.2. The lowest BCUT2D eigenvalue weighted by Gasteiger charge is -2.31. The maximum Gasteiger partial charge on any atom is 0.331 e. The lowest BCUT2D eigenvalue weighted by Crippen LogP contribution is -2.37. The van der Waals surface area contributed by atoms with E-state index in [0.717, 1.165) is 39.5 Å². The van der Waals surface area contributed by atoms with E-state index < -0.39 is 0 Å². The van der Waals surface area contributed by atoms with E-state index >= 15 is 0 Å². The minimum atomic E-state index is -0.340. The Morgan fingerprint density at radius 1 is 0.794 bits per heavy atom. The van der Waals surface area contributed by atoms with Crippen LogP contribution in [0.25, 0.3) is 27.8 Å². The third-order valence-corrected chi connectivity index (χ3v) is 6.86. The molecule has 0 radical (unpaired) electrons. The van der Waals surface area contributed by atoms with Crippen molar-refractivity contribution in [1.29, 1.82) is 0 Å². The highest BCUT2D eigenvalue weighted by Crippen LogP contribution is 2.45. The van der Waals surface area contributed by atoms with Gasteiger partial charge in [-0.05, 0) is 30.2 Å². The molecular weight excluding hydrogens is 424 g/mol. The Hall–Kier alpha value is -4.32. The molecular formula is C28H24N4O2. The summed E-state index contributed by atoms with van der Waals surface area (Å²) >= 11 is 0. The van der Waals surface area contributed by atoms with E-state index in [2.05, 4.69) is 47.1 Å². The summed E-state index contributed by atoms with van der Waals surface area (Å²) in [5, 5.41) is 4.23. The van der Waals surface area contributed by atoms with Gasteiger partial charge in [0.2, 0.25) is 0 Å². The molecule has 1 atom stereocenters. The maximum atomic E-state index is 13.7. The topological polar surface area (TPSA) is 61.0 Å². The van der Waals surface area contributed by atoms with Crippen LogP contribution in [0.15, 0.2) is 88.5 Å². The smallest absolute Gasteiger partial charge is 0.331 e. The molecule has 1 aliphatic heterocycles. The van der Waals surface area contributed by atoms with Crippen LogP contribution in [0.5, 0.6) is 0 Å². The van der Waals surface area contributed by atoms with E-state index in [1.165, 1.54) is 4.57 Å². The van der Waals surface area contributed by atoms with Crippen LogP contribution in [0, 0.1) is 6.92 Å². The van der Waals surface area contributed by atoms with Gasteiger partial charge in [-0.3, -0.25) is 13.9 Å². The molecule has 34 heavy (non-hydrogen) atoms. The molecule has 0 amide bonds. The molecule has 0 saturated heterocycles. The quantitative estimate of drug-likeness (QED) is 0.432. The van der Waals surface area contributed by atoms with Gasteiger partial charge in [-0.2, -0.15) is 0 Å². The zero-order chi connectivity index (χ0) is 23.6. The lowest BCUT2D eigenvalue weighted by molar-refractivity contribution is 0.708. The molecule has 3 aromatic carbocycles. The zero-order valence-corrected chi connectivity index (χ0v) is 19.2. The fourth-order valence-corrected chi connectivity index (χ4v) is 5.21. The second-order valence-electron chi connectivity index (χ2n) is 8.82. The van der Waals surface area contributed by atoms with Gasteiger partial charge >= 0.3 is 5.69 Å². The summed E-state index contributed by atoms with van der Waals surface area (Å²) in [5.41, 5.74) is 6.74.